The molecule has 0 saturated carbocycles. The van der Waals surface area contributed by atoms with Gasteiger partial charge in [0, 0.05) is 24.3 Å². The van der Waals surface area contributed by atoms with Crippen molar-refractivity contribution in [2.24, 2.45) is 0 Å². The van der Waals surface area contributed by atoms with E-state index in [1.807, 2.05) is 24.0 Å². The largest absolute Gasteiger partial charge is 0.493 e. The van der Waals surface area contributed by atoms with Crippen molar-refractivity contribution in [1.82, 2.24) is 4.90 Å². The van der Waals surface area contributed by atoms with Gasteiger partial charge in [-0.05, 0) is 55.7 Å². The van der Waals surface area contributed by atoms with E-state index >= 15 is 0 Å². The van der Waals surface area contributed by atoms with Gasteiger partial charge in [-0.25, -0.2) is 0 Å². The van der Waals surface area contributed by atoms with Gasteiger partial charge < -0.3 is 15.0 Å². The van der Waals surface area contributed by atoms with Gasteiger partial charge in [0.05, 0.1) is 12.2 Å². The Hall–Kier alpha value is -2.82. The number of likely N-dealkylation sites (tertiary alicyclic amines) is 1. The van der Waals surface area contributed by atoms with Crippen molar-refractivity contribution in [2.75, 3.05) is 25.0 Å². The summed E-state index contributed by atoms with van der Waals surface area (Å²) in [5.41, 5.74) is 1.81. The number of nitrogens with zero attached hydrogens (tertiary/aromatic N) is 1. The van der Waals surface area contributed by atoms with Crippen LogP contribution in [0.3, 0.4) is 0 Å². The molecule has 5 heteroatoms. The van der Waals surface area contributed by atoms with E-state index in [0.717, 1.165) is 32.4 Å². The van der Waals surface area contributed by atoms with Gasteiger partial charge in [0.15, 0.2) is 0 Å². The Morgan fingerprint density at radius 1 is 0.964 bits per heavy atom. The lowest BCUT2D eigenvalue weighted by Gasteiger charge is -2.20. The van der Waals surface area contributed by atoms with Crippen molar-refractivity contribution in [1.29, 1.82) is 0 Å². The van der Waals surface area contributed by atoms with Gasteiger partial charge in [-0.2, -0.15) is 0 Å². The smallest absolute Gasteiger partial charge is 0.259 e. The highest BCUT2D eigenvalue weighted by Crippen LogP contribution is 2.21. The van der Waals surface area contributed by atoms with Gasteiger partial charge in [0.1, 0.15) is 5.75 Å². The van der Waals surface area contributed by atoms with E-state index in [0.29, 0.717) is 29.2 Å². The van der Waals surface area contributed by atoms with E-state index in [1.165, 1.54) is 12.8 Å². The first-order chi connectivity index (χ1) is 13.7. The number of ether oxygens (including phenoxy) is 1. The number of carbonyl (C=O) groups is 2. The Labute approximate surface area is 166 Å². The minimum atomic E-state index is -0.224. The number of para-hydroxylation sites is 1. The second-order valence-electron chi connectivity index (χ2n) is 7.08. The molecule has 0 spiro atoms. The van der Waals surface area contributed by atoms with Crippen LogP contribution in [0.25, 0.3) is 0 Å². The predicted molar refractivity (Wildman–Crippen MR) is 111 cm³/mol. The third-order valence-corrected chi connectivity index (χ3v) is 4.88. The molecule has 148 valence electrons. The van der Waals surface area contributed by atoms with Crippen LogP contribution in [0.4, 0.5) is 5.69 Å². The molecule has 0 bridgehead atoms. The van der Waals surface area contributed by atoms with E-state index < -0.39 is 0 Å². The normalized spacial score (nSPS) is 14.2. The third-order valence-electron chi connectivity index (χ3n) is 4.88. The molecule has 2 amide bonds. The summed E-state index contributed by atoms with van der Waals surface area (Å²) in [7, 11) is 0. The number of nitrogens with one attached hydrogen (secondary N) is 1. The lowest BCUT2D eigenvalue weighted by Crippen LogP contribution is -2.31. The molecule has 1 aliphatic heterocycles. The van der Waals surface area contributed by atoms with Crippen molar-refractivity contribution >= 4 is 17.5 Å². The van der Waals surface area contributed by atoms with Gasteiger partial charge in [0.25, 0.3) is 11.8 Å². The minimum absolute atomic E-state index is 0.0677. The molecule has 28 heavy (non-hydrogen) atoms. The lowest BCUT2D eigenvalue weighted by molar-refractivity contribution is 0.0761. The molecule has 0 aromatic heterocycles. The number of rotatable bonds is 6. The standard InChI is InChI=1S/C23H28N2O3/c1-2-17-28-21-10-6-5-9-20(21)22(26)24-19-13-11-18(12-14-19)23(27)25-15-7-3-4-8-16-25/h5-6,9-14H,2-4,7-8,15-17H2,1H3,(H,24,26). The number of amides is 2. The number of anilines is 1. The van der Waals surface area contributed by atoms with Crippen LogP contribution in [0.1, 0.15) is 59.7 Å². The number of hydrogen-bond donors (Lipinski definition) is 1. The van der Waals surface area contributed by atoms with Crippen molar-refractivity contribution < 1.29 is 14.3 Å². The van der Waals surface area contributed by atoms with Crippen LogP contribution in [0, 0.1) is 0 Å². The summed E-state index contributed by atoms with van der Waals surface area (Å²) in [5.74, 6) is 0.422. The predicted octanol–water partition coefficient (Wildman–Crippen LogP) is 4.74. The Balaban J connectivity index is 1.65. The average molecular weight is 380 g/mol. The van der Waals surface area contributed by atoms with Crippen LogP contribution in [0.2, 0.25) is 0 Å². The topological polar surface area (TPSA) is 58.6 Å². The highest BCUT2D eigenvalue weighted by molar-refractivity contribution is 6.06. The van der Waals surface area contributed by atoms with Gasteiger partial charge in [-0.3, -0.25) is 9.59 Å². The summed E-state index contributed by atoms with van der Waals surface area (Å²) in [4.78, 5) is 27.2. The van der Waals surface area contributed by atoms with E-state index in [2.05, 4.69) is 5.32 Å². The summed E-state index contributed by atoms with van der Waals surface area (Å²) >= 11 is 0. The molecular formula is C23H28N2O3. The number of carbonyl (C=O) groups excluding carboxylic acids is 2. The second kappa shape index (κ2) is 9.93. The SMILES string of the molecule is CCCOc1ccccc1C(=O)Nc1ccc(C(=O)N2CCCCCC2)cc1. The summed E-state index contributed by atoms with van der Waals surface area (Å²) in [6.45, 7) is 4.24. The van der Waals surface area contributed by atoms with Crippen LogP contribution in [-0.2, 0) is 0 Å². The third kappa shape index (κ3) is 5.12. The maximum atomic E-state index is 12.7. The molecule has 0 unspecified atom stereocenters. The van der Waals surface area contributed by atoms with Crippen LogP contribution in [0.5, 0.6) is 5.75 Å². The molecule has 1 aliphatic rings. The lowest BCUT2D eigenvalue weighted by atomic mass is 10.1. The molecule has 1 N–H and O–H groups in total. The Bertz CT molecular complexity index is 794. The highest BCUT2D eigenvalue weighted by Gasteiger charge is 2.17. The number of benzene rings is 2. The zero-order chi connectivity index (χ0) is 19.8. The molecule has 3 rings (SSSR count). The fraction of sp³-hybridized carbons (Fsp3) is 0.391. The second-order valence-corrected chi connectivity index (χ2v) is 7.08. The fourth-order valence-electron chi connectivity index (χ4n) is 3.34. The minimum Gasteiger partial charge on any atom is -0.493 e. The molecular weight excluding hydrogens is 352 g/mol. The molecule has 0 radical (unpaired) electrons. The Morgan fingerprint density at radius 2 is 1.64 bits per heavy atom. The van der Waals surface area contributed by atoms with Crippen molar-refractivity contribution in [3.05, 3.63) is 59.7 Å². The molecule has 2 aromatic carbocycles. The Morgan fingerprint density at radius 3 is 2.32 bits per heavy atom. The van der Waals surface area contributed by atoms with E-state index in [4.69, 9.17) is 4.74 Å². The van der Waals surface area contributed by atoms with Gasteiger partial charge in [-0.15, -0.1) is 0 Å². The average Bonchev–Trinajstić information content (AvgIpc) is 3.02. The summed E-state index contributed by atoms with van der Waals surface area (Å²) in [6, 6.07) is 14.3. The molecule has 1 saturated heterocycles. The van der Waals surface area contributed by atoms with Gasteiger partial charge in [-0.1, -0.05) is 31.9 Å². The quantitative estimate of drug-likeness (QED) is 0.787. The van der Waals surface area contributed by atoms with Crippen LogP contribution >= 0.6 is 0 Å². The van der Waals surface area contributed by atoms with Crippen molar-refractivity contribution in [2.45, 2.75) is 39.0 Å². The summed E-state index contributed by atoms with van der Waals surface area (Å²) in [5, 5.41) is 2.89. The summed E-state index contributed by atoms with van der Waals surface area (Å²) in [6.07, 6.45) is 5.40. The monoisotopic (exact) mass is 380 g/mol. The van der Waals surface area contributed by atoms with E-state index in [1.54, 1.807) is 36.4 Å². The van der Waals surface area contributed by atoms with E-state index in [9.17, 15) is 9.59 Å². The first-order valence-electron chi connectivity index (χ1n) is 10.1. The maximum Gasteiger partial charge on any atom is 0.259 e. The van der Waals surface area contributed by atoms with Gasteiger partial charge >= 0.3 is 0 Å². The first-order valence-corrected chi connectivity index (χ1v) is 10.1. The Kier molecular flexibility index (Phi) is 7.06. The molecule has 0 aliphatic carbocycles. The van der Waals surface area contributed by atoms with Gasteiger partial charge in [0.2, 0.25) is 0 Å². The van der Waals surface area contributed by atoms with Crippen molar-refractivity contribution in [3.8, 4) is 5.75 Å². The van der Waals surface area contributed by atoms with Crippen LogP contribution in [-0.4, -0.2) is 36.4 Å². The van der Waals surface area contributed by atoms with Crippen molar-refractivity contribution in [3.63, 3.8) is 0 Å². The zero-order valence-electron chi connectivity index (χ0n) is 16.4. The fourth-order valence-corrected chi connectivity index (χ4v) is 3.34. The first kappa shape index (κ1) is 19.9. The molecule has 1 heterocycles. The van der Waals surface area contributed by atoms with E-state index in [-0.39, 0.29) is 11.8 Å². The summed E-state index contributed by atoms with van der Waals surface area (Å²) < 4.78 is 5.66. The highest BCUT2D eigenvalue weighted by atomic mass is 16.5. The zero-order valence-corrected chi connectivity index (χ0v) is 16.4. The number of hydrogen-bond acceptors (Lipinski definition) is 3. The molecule has 5 nitrogen and oxygen atoms in total. The molecule has 2 aromatic rings. The molecule has 1 fully saturated rings. The van der Waals surface area contributed by atoms with Crippen LogP contribution in [0.15, 0.2) is 48.5 Å². The van der Waals surface area contributed by atoms with Crippen LogP contribution < -0.4 is 10.1 Å². The maximum absolute atomic E-state index is 12.7. The molecule has 0 atom stereocenters.